The van der Waals surface area contributed by atoms with Gasteiger partial charge in [0.05, 0.1) is 12.8 Å². The van der Waals surface area contributed by atoms with E-state index in [9.17, 15) is 17.2 Å². The Balaban J connectivity index is 2.01. The van der Waals surface area contributed by atoms with Crippen molar-refractivity contribution < 1.29 is 21.9 Å². The summed E-state index contributed by atoms with van der Waals surface area (Å²) in [5.74, 6) is -1.13. The van der Waals surface area contributed by atoms with Gasteiger partial charge in [0, 0.05) is 11.6 Å². The van der Waals surface area contributed by atoms with E-state index in [1.165, 1.54) is 0 Å². The molecule has 1 atom stereocenters. The van der Waals surface area contributed by atoms with Crippen LogP contribution < -0.4 is 9.46 Å². The van der Waals surface area contributed by atoms with Gasteiger partial charge in [-0.2, -0.15) is 0 Å². The van der Waals surface area contributed by atoms with Crippen LogP contribution in [-0.4, -0.2) is 40.6 Å². The SMILES string of the molecule is COc1ccc(NS(=O)(=O)c2cc(F)ccc2F)c2c1C[C@@H](N(C)C)CC2. The van der Waals surface area contributed by atoms with E-state index in [0.717, 1.165) is 36.1 Å². The van der Waals surface area contributed by atoms with E-state index in [2.05, 4.69) is 9.62 Å². The lowest BCUT2D eigenvalue weighted by Crippen LogP contribution is -2.34. The van der Waals surface area contributed by atoms with E-state index in [-0.39, 0.29) is 0 Å². The number of methoxy groups -OCH3 is 1. The van der Waals surface area contributed by atoms with E-state index < -0.39 is 26.6 Å². The smallest absolute Gasteiger partial charge is 0.264 e. The van der Waals surface area contributed by atoms with Gasteiger partial charge in [-0.25, -0.2) is 17.2 Å². The van der Waals surface area contributed by atoms with Crippen molar-refractivity contribution >= 4 is 15.7 Å². The quantitative estimate of drug-likeness (QED) is 0.843. The lowest BCUT2D eigenvalue weighted by Gasteiger charge is -2.32. The van der Waals surface area contributed by atoms with Crippen molar-refractivity contribution in [2.75, 3.05) is 25.9 Å². The molecule has 1 aliphatic rings. The first kappa shape index (κ1) is 19.6. The Hall–Kier alpha value is -2.19. The first-order chi connectivity index (χ1) is 12.7. The van der Waals surface area contributed by atoms with Crippen molar-refractivity contribution in [1.29, 1.82) is 0 Å². The van der Waals surface area contributed by atoms with Crippen molar-refractivity contribution in [1.82, 2.24) is 4.90 Å². The monoisotopic (exact) mass is 396 g/mol. The largest absolute Gasteiger partial charge is 0.496 e. The number of ether oxygens (including phenoxy) is 1. The average molecular weight is 396 g/mol. The molecule has 2 aromatic rings. The topological polar surface area (TPSA) is 58.6 Å². The second kappa shape index (κ2) is 7.44. The minimum Gasteiger partial charge on any atom is -0.496 e. The summed E-state index contributed by atoms with van der Waals surface area (Å²) in [7, 11) is 1.31. The molecule has 0 spiro atoms. The standard InChI is InChI=1S/C19H22F2N2O3S/c1-23(2)13-5-6-14-15(11-13)18(26-3)9-8-17(14)22-27(24,25)19-10-12(20)4-7-16(19)21/h4,7-10,13,22H,5-6,11H2,1-3H3/t13-/m0/s1. The molecular weight excluding hydrogens is 374 g/mol. The fraction of sp³-hybridized carbons (Fsp3) is 0.368. The molecule has 0 unspecified atom stereocenters. The van der Waals surface area contributed by atoms with Gasteiger partial charge < -0.3 is 9.64 Å². The molecule has 0 aliphatic heterocycles. The van der Waals surface area contributed by atoms with Crippen LogP contribution in [0.5, 0.6) is 5.75 Å². The van der Waals surface area contributed by atoms with Gasteiger partial charge in [-0.3, -0.25) is 4.72 Å². The summed E-state index contributed by atoms with van der Waals surface area (Å²) in [5, 5.41) is 0. The molecule has 3 rings (SSSR count). The van der Waals surface area contributed by atoms with E-state index in [4.69, 9.17) is 4.74 Å². The van der Waals surface area contributed by atoms with Crippen LogP contribution in [0.15, 0.2) is 35.2 Å². The third-order valence-corrected chi connectivity index (χ3v) is 6.31. The second-order valence-electron chi connectivity index (χ2n) is 6.81. The molecule has 0 saturated carbocycles. The van der Waals surface area contributed by atoms with Crippen LogP contribution in [-0.2, 0) is 22.9 Å². The summed E-state index contributed by atoms with van der Waals surface area (Å²) in [4.78, 5) is 1.41. The molecule has 27 heavy (non-hydrogen) atoms. The zero-order valence-corrected chi connectivity index (χ0v) is 16.2. The maximum atomic E-state index is 14.0. The number of rotatable bonds is 5. The highest BCUT2D eigenvalue weighted by atomic mass is 32.2. The molecule has 1 N–H and O–H groups in total. The predicted octanol–water partition coefficient (Wildman–Crippen LogP) is 3.19. The summed E-state index contributed by atoms with van der Waals surface area (Å²) in [6, 6.07) is 5.97. The van der Waals surface area contributed by atoms with Gasteiger partial charge in [0.15, 0.2) is 0 Å². The number of anilines is 1. The molecule has 2 aromatic carbocycles. The first-order valence-electron chi connectivity index (χ1n) is 8.56. The predicted molar refractivity (Wildman–Crippen MR) is 99.7 cm³/mol. The number of sulfonamides is 1. The summed E-state index contributed by atoms with van der Waals surface area (Å²) in [5.41, 5.74) is 2.13. The highest BCUT2D eigenvalue weighted by Gasteiger charge is 2.28. The van der Waals surface area contributed by atoms with Crippen LogP contribution in [0.25, 0.3) is 0 Å². The highest BCUT2D eigenvalue weighted by molar-refractivity contribution is 7.92. The Bertz CT molecular complexity index is 962. The molecule has 0 fully saturated rings. The Morgan fingerprint density at radius 3 is 2.56 bits per heavy atom. The summed E-state index contributed by atoms with van der Waals surface area (Å²) < 4.78 is 60.5. The third-order valence-electron chi connectivity index (χ3n) is 4.93. The number of fused-ring (bicyclic) bond motifs is 1. The number of hydrogen-bond acceptors (Lipinski definition) is 4. The Kier molecular flexibility index (Phi) is 5.39. The molecular formula is C19H22F2N2O3S. The van der Waals surface area contributed by atoms with Crippen LogP contribution in [0.4, 0.5) is 14.5 Å². The van der Waals surface area contributed by atoms with Gasteiger partial charge in [-0.1, -0.05) is 0 Å². The Morgan fingerprint density at radius 1 is 1.15 bits per heavy atom. The van der Waals surface area contributed by atoms with Gasteiger partial charge in [-0.05, 0) is 69.3 Å². The zero-order valence-electron chi connectivity index (χ0n) is 15.4. The molecule has 8 heteroatoms. The second-order valence-corrected chi connectivity index (χ2v) is 8.46. The molecule has 0 aromatic heterocycles. The maximum Gasteiger partial charge on any atom is 0.264 e. The lowest BCUT2D eigenvalue weighted by molar-refractivity contribution is 0.265. The molecule has 0 amide bonds. The van der Waals surface area contributed by atoms with Gasteiger partial charge in [-0.15, -0.1) is 0 Å². The van der Waals surface area contributed by atoms with Gasteiger partial charge in [0.1, 0.15) is 22.3 Å². The van der Waals surface area contributed by atoms with Crippen LogP contribution in [0, 0.1) is 11.6 Å². The molecule has 0 bridgehead atoms. The van der Waals surface area contributed by atoms with E-state index >= 15 is 0 Å². The lowest BCUT2D eigenvalue weighted by atomic mass is 9.86. The highest BCUT2D eigenvalue weighted by Crippen LogP contribution is 2.36. The van der Waals surface area contributed by atoms with Crippen LogP contribution >= 0.6 is 0 Å². The number of halogens is 2. The Morgan fingerprint density at radius 2 is 1.89 bits per heavy atom. The minimum atomic E-state index is -4.27. The first-order valence-corrected chi connectivity index (χ1v) is 10.0. The maximum absolute atomic E-state index is 14.0. The van der Waals surface area contributed by atoms with Crippen molar-refractivity contribution in [3.63, 3.8) is 0 Å². The van der Waals surface area contributed by atoms with Crippen LogP contribution in [0.3, 0.4) is 0 Å². The fourth-order valence-electron chi connectivity index (χ4n) is 3.44. The molecule has 146 valence electrons. The summed E-state index contributed by atoms with van der Waals surface area (Å²) >= 11 is 0. The van der Waals surface area contributed by atoms with Gasteiger partial charge in [0.2, 0.25) is 0 Å². The van der Waals surface area contributed by atoms with E-state index in [1.54, 1.807) is 19.2 Å². The number of nitrogens with one attached hydrogen (secondary N) is 1. The van der Waals surface area contributed by atoms with Crippen molar-refractivity contribution in [2.24, 2.45) is 0 Å². The number of benzene rings is 2. The van der Waals surface area contributed by atoms with Crippen LogP contribution in [0.2, 0.25) is 0 Å². The minimum absolute atomic E-state index is 0.318. The fourth-order valence-corrected chi connectivity index (χ4v) is 4.62. The summed E-state index contributed by atoms with van der Waals surface area (Å²) in [6.07, 6.45) is 2.23. The van der Waals surface area contributed by atoms with Crippen molar-refractivity contribution in [3.05, 3.63) is 53.1 Å². The molecule has 1 aliphatic carbocycles. The normalized spacial score (nSPS) is 16.9. The third kappa shape index (κ3) is 3.91. The van der Waals surface area contributed by atoms with E-state index in [0.29, 0.717) is 30.0 Å². The molecule has 0 heterocycles. The zero-order chi connectivity index (χ0) is 19.8. The van der Waals surface area contributed by atoms with E-state index in [1.807, 2.05) is 14.1 Å². The van der Waals surface area contributed by atoms with Gasteiger partial charge in [0.25, 0.3) is 10.0 Å². The molecule has 5 nitrogen and oxygen atoms in total. The molecule has 0 saturated heterocycles. The van der Waals surface area contributed by atoms with Crippen molar-refractivity contribution in [3.8, 4) is 5.75 Å². The Labute approximate surface area is 158 Å². The average Bonchev–Trinajstić information content (AvgIpc) is 2.63. The van der Waals surface area contributed by atoms with Crippen molar-refractivity contribution in [2.45, 2.75) is 30.2 Å². The number of likely N-dealkylation sites (N-methyl/N-ethyl adjacent to an activating group) is 1. The van der Waals surface area contributed by atoms with Gasteiger partial charge >= 0.3 is 0 Å². The summed E-state index contributed by atoms with van der Waals surface area (Å²) in [6.45, 7) is 0. The van der Waals surface area contributed by atoms with Crippen LogP contribution in [0.1, 0.15) is 17.5 Å². The molecule has 0 radical (unpaired) electrons. The number of nitrogens with zero attached hydrogens (tertiary/aromatic N) is 1. The number of hydrogen-bond donors (Lipinski definition) is 1.